The maximum Gasteiger partial charge on any atom is 0.0469 e. The monoisotopic (exact) mass is 262 g/mol. The lowest BCUT2D eigenvalue weighted by Gasteiger charge is -2.32. The van der Waals surface area contributed by atoms with E-state index in [4.69, 9.17) is 10.5 Å². The first-order chi connectivity index (χ1) is 9.20. The van der Waals surface area contributed by atoms with Crippen LogP contribution in [0.25, 0.3) is 0 Å². The van der Waals surface area contributed by atoms with Gasteiger partial charge in [-0.25, -0.2) is 0 Å². The summed E-state index contributed by atoms with van der Waals surface area (Å²) in [6.45, 7) is 5.72. The molecule has 106 valence electrons. The molecule has 1 heterocycles. The van der Waals surface area contributed by atoms with Crippen LogP contribution < -0.4 is 5.73 Å². The molecule has 1 aliphatic rings. The second-order valence-electron chi connectivity index (χ2n) is 5.66. The lowest BCUT2D eigenvalue weighted by Crippen LogP contribution is -2.36. The van der Waals surface area contributed by atoms with Crippen molar-refractivity contribution in [2.75, 3.05) is 33.4 Å². The van der Waals surface area contributed by atoms with E-state index >= 15 is 0 Å². The Morgan fingerprint density at radius 3 is 2.47 bits per heavy atom. The zero-order valence-electron chi connectivity index (χ0n) is 12.1. The van der Waals surface area contributed by atoms with Crippen molar-refractivity contribution in [1.82, 2.24) is 4.90 Å². The molecule has 1 saturated heterocycles. The largest absolute Gasteiger partial charge is 0.381 e. The normalized spacial score (nSPS) is 18.7. The van der Waals surface area contributed by atoms with Gasteiger partial charge in [-0.15, -0.1) is 0 Å². The van der Waals surface area contributed by atoms with E-state index in [1.807, 2.05) is 0 Å². The van der Waals surface area contributed by atoms with Crippen LogP contribution in [-0.2, 0) is 4.74 Å². The molecule has 1 unspecified atom stereocenters. The van der Waals surface area contributed by atoms with E-state index in [0.29, 0.717) is 12.6 Å². The molecule has 2 N–H and O–H groups in total. The van der Waals surface area contributed by atoms with Gasteiger partial charge in [-0.2, -0.15) is 0 Å². The predicted molar refractivity (Wildman–Crippen MR) is 79.1 cm³/mol. The van der Waals surface area contributed by atoms with E-state index in [9.17, 15) is 0 Å². The second-order valence-corrected chi connectivity index (χ2v) is 5.66. The fourth-order valence-corrected chi connectivity index (χ4v) is 2.82. The van der Waals surface area contributed by atoms with Crippen LogP contribution in [0.2, 0.25) is 0 Å². The quantitative estimate of drug-likeness (QED) is 0.885. The van der Waals surface area contributed by atoms with Crippen LogP contribution in [0.1, 0.15) is 30.0 Å². The summed E-state index contributed by atoms with van der Waals surface area (Å²) < 4.78 is 5.42. The molecule has 1 aliphatic heterocycles. The van der Waals surface area contributed by atoms with E-state index in [-0.39, 0.29) is 0 Å². The van der Waals surface area contributed by atoms with Crippen LogP contribution in [0.3, 0.4) is 0 Å². The van der Waals surface area contributed by atoms with Gasteiger partial charge in [0.05, 0.1) is 0 Å². The van der Waals surface area contributed by atoms with Crippen molar-refractivity contribution in [3.05, 3.63) is 35.4 Å². The predicted octanol–water partition coefficient (Wildman–Crippen LogP) is 2.35. The summed E-state index contributed by atoms with van der Waals surface area (Å²) in [5.41, 5.74) is 8.60. The van der Waals surface area contributed by atoms with Crippen molar-refractivity contribution in [1.29, 1.82) is 0 Å². The minimum atomic E-state index is 0.323. The zero-order chi connectivity index (χ0) is 13.7. The van der Waals surface area contributed by atoms with Crippen molar-refractivity contribution in [2.24, 2.45) is 11.7 Å². The average Bonchev–Trinajstić information content (AvgIpc) is 2.43. The van der Waals surface area contributed by atoms with Crippen LogP contribution in [-0.4, -0.2) is 38.3 Å². The minimum Gasteiger partial charge on any atom is -0.381 e. The smallest absolute Gasteiger partial charge is 0.0469 e. The standard InChI is InChI=1S/C16H26N2O/c1-13-3-5-15(6-4-13)16(11-17)18(2)12-14-7-9-19-10-8-14/h3-6,14,16H,7-12,17H2,1-2H3. The van der Waals surface area contributed by atoms with E-state index < -0.39 is 0 Å². The zero-order valence-corrected chi connectivity index (χ0v) is 12.1. The third kappa shape index (κ3) is 4.03. The van der Waals surface area contributed by atoms with E-state index in [0.717, 1.165) is 25.7 Å². The second kappa shape index (κ2) is 7.04. The first-order valence-corrected chi connectivity index (χ1v) is 7.25. The minimum absolute atomic E-state index is 0.323. The van der Waals surface area contributed by atoms with Crippen molar-refractivity contribution < 1.29 is 4.74 Å². The molecule has 0 saturated carbocycles. The number of aryl methyl sites for hydroxylation is 1. The molecule has 3 heteroatoms. The van der Waals surface area contributed by atoms with Crippen molar-refractivity contribution in [3.63, 3.8) is 0 Å². The maximum atomic E-state index is 5.98. The lowest BCUT2D eigenvalue weighted by atomic mass is 9.97. The first kappa shape index (κ1) is 14.5. The number of benzene rings is 1. The van der Waals surface area contributed by atoms with Gasteiger partial charge in [0.25, 0.3) is 0 Å². The molecule has 0 spiro atoms. The molecule has 1 fully saturated rings. The molecule has 19 heavy (non-hydrogen) atoms. The van der Waals surface area contributed by atoms with Crippen molar-refractivity contribution in [3.8, 4) is 0 Å². The first-order valence-electron chi connectivity index (χ1n) is 7.25. The summed E-state index contributed by atoms with van der Waals surface area (Å²) in [6.07, 6.45) is 2.35. The molecule has 2 rings (SSSR count). The lowest BCUT2D eigenvalue weighted by molar-refractivity contribution is 0.0507. The van der Waals surface area contributed by atoms with Crippen molar-refractivity contribution >= 4 is 0 Å². The Kier molecular flexibility index (Phi) is 5.37. The molecule has 0 amide bonds. The van der Waals surface area contributed by atoms with Gasteiger partial charge >= 0.3 is 0 Å². The van der Waals surface area contributed by atoms with Crippen LogP contribution in [0.15, 0.2) is 24.3 Å². The Morgan fingerprint density at radius 1 is 1.26 bits per heavy atom. The molecule has 0 aromatic heterocycles. The third-order valence-electron chi connectivity index (χ3n) is 4.10. The summed E-state index contributed by atoms with van der Waals surface area (Å²) >= 11 is 0. The van der Waals surface area contributed by atoms with Gasteiger partial charge in [-0.3, -0.25) is 4.90 Å². The number of nitrogens with zero attached hydrogens (tertiary/aromatic N) is 1. The number of ether oxygens (including phenoxy) is 1. The number of rotatable bonds is 5. The summed E-state index contributed by atoms with van der Waals surface area (Å²) in [4.78, 5) is 2.40. The highest BCUT2D eigenvalue weighted by molar-refractivity contribution is 5.24. The highest BCUT2D eigenvalue weighted by Crippen LogP contribution is 2.23. The maximum absolute atomic E-state index is 5.98. The molecule has 1 aromatic rings. The average molecular weight is 262 g/mol. The van der Waals surface area contributed by atoms with Crippen LogP contribution in [0, 0.1) is 12.8 Å². The molecule has 1 aromatic carbocycles. The fourth-order valence-electron chi connectivity index (χ4n) is 2.82. The SMILES string of the molecule is Cc1ccc(C(CN)N(C)CC2CCOCC2)cc1. The van der Waals surface area contributed by atoms with Gasteiger partial charge in [0.2, 0.25) is 0 Å². The van der Waals surface area contributed by atoms with Gasteiger partial charge in [-0.1, -0.05) is 29.8 Å². The number of nitrogens with two attached hydrogens (primary N) is 1. The van der Waals surface area contributed by atoms with E-state index in [1.165, 1.54) is 24.0 Å². The summed E-state index contributed by atoms with van der Waals surface area (Å²) in [6, 6.07) is 9.06. The molecule has 0 radical (unpaired) electrons. The summed E-state index contributed by atoms with van der Waals surface area (Å²) in [7, 11) is 2.19. The molecule has 3 nitrogen and oxygen atoms in total. The number of hydrogen-bond donors (Lipinski definition) is 1. The molecule has 0 bridgehead atoms. The van der Waals surface area contributed by atoms with Gasteiger partial charge in [0.1, 0.15) is 0 Å². The van der Waals surface area contributed by atoms with Crippen LogP contribution >= 0.6 is 0 Å². The molecule has 0 aliphatic carbocycles. The van der Waals surface area contributed by atoms with E-state index in [1.54, 1.807) is 0 Å². The Hall–Kier alpha value is -0.900. The number of hydrogen-bond acceptors (Lipinski definition) is 3. The Bertz CT molecular complexity index is 371. The van der Waals surface area contributed by atoms with E-state index in [2.05, 4.69) is 43.1 Å². The number of likely N-dealkylation sites (N-methyl/N-ethyl adjacent to an activating group) is 1. The van der Waals surface area contributed by atoms with Crippen LogP contribution in [0.5, 0.6) is 0 Å². The van der Waals surface area contributed by atoms with Gasteiger partial charge in [0, 0.05) is 32.3 Å². The highest BCUT2D eigenvalue weighted by Gasteiger charge is 2.21. The molecular weight excluding hydrogens is 236 g/mol. The summed E-state index contributed by atoms with van der Waals surface area (Å²) in [5.74, 6) is 0.748. The highest BCUT2D eigenvalue weighted by atomic mass is 16.5. The Labute approximate surface area is 116 Å². The summed E-state index contributed by atoms with van der Waals surface area (Å²) in [5, 5.41) is 0. The third-order valence-corrected chi connectivity index (χ3v) is 4.10. The fraction of sp³-hybridized carbons (Fsp3) is 0.625. The molecule has 1 atom stereocenters. The van der Waals surface area contributed by atoms with Crippen LogP contribution in [0.4, 0.5) is 0 Å². The molecular formula is C16H26N2O. The van der Waals surface area contributed by atoms with Gasteiger partial charge in [-0.05, 0) is 38.3 Å². The van der Waals surface area contributed by atoms with Crippen molar-refractivity contribution in [2.45, 2.75) is 25.8 Å². The Balaban J connectivity index is 1.97. The Morgan fingerprint density at radius 2 is 1.89 bits per heavy atom. The topological polar surface area (TPSA) is 38.5 Å². The van der Waals surface area contributed by atoms with Gasteiger partial charge < -0.3 is 10.5 Å². The van der Waals surface area contributed by atoms with Gasteiger partial charge in [0.15, 0.2) is 0 Å².